The first-order valence-electron chi connectivity index (χ1n) is 8.53. The van der Waals surface area contributed by atoms with Gasteiger partial charge in [0.25, 0.3) is 0 Å². The van der Waals surface area contributed by atoms with Gasteiger partial charge in [-0.3, -0.25) is 0 Å². The fraction of sp³-hybridized carbons (Fsp3) is 0.182. The molecule has 0 saturated carbocycles. The van der Waals surface area contributed by atoms with Crippen LogP contribution in [0.15, 0.2) is 83.7 Å². The SMILES string of the molecule is Cc1ccccc1CNC1=CC=C2Nc3ccccc3CC=C2C1. The lowest BCUT2D eigenvalue weighted by atomic mass is 9.99. The third kappa shape index (κ3) is 3.00. The van der Waals surface area contributed by atoms with Crippen LogP contribution < -0.4 is 10.6 Å². The van der Waals surface area contributed by atoms with Crippen LogP contribution in [0, 0.1) is 6.92 Å². The third-order valence-corrected chi connectivity index (χ3v) is 4.80. The van der Waals surface area contributed by atoms with Gasteiger partial charge in [0.05, 0.1) is 0 Å². The second-order valence-electron chi connectivity index (χ2n) is 6.44. The zero-order valence-corrected chi connectivity index (χ0v) is 14.0. The van der Waals surface area contributed by atoms with Crippen LogP contribution in [0.4, 0.5) is 5.69 Å². The fourth-order valence-electron chi connectivity index (χ4n) is 3.29. The summed E-state index contributed by atoms with van der Waals surface area (Å²) in [6, 6.07) is 17.1. The number of fused-ring (bicyclic) bond motifs is 2. The van der Waals surface area contributed by atoms with Crippen LogP contribution in [-0.4, -0.2) is 0 Å². The highest BCUT2D eigenvalue weighted by molar-refractivity contribution is 5.63. The summed E-state index contributed by atoms with van der Waals surface area (Å²) in [5.41, 5.74) is 9.15. The molecule has 120 valence electrons. The van der Waals surface area contributed by atoms with Gasteiger partial charge in [-0.25, -0.2) is 0 Å². The van der Waals surface area contributed by atoms with Gasteiger partial charge in [-0.2, -0.15) is 0 Å². The van der Waals surface area contributed by atoms with Crippen molar-refractivity contribution < 1.29 is 0 Å². The Morgan fingerprint density at radius 2 is 1.83 bits per heavy atom. The number of para-hydroxylation sites is 1. The second kappa shape index (κ2) is 6.40. The maximum Gasteiger partial charge on any atom is 0.0420 e. The maximum absolute atomic E-state index is 3.60. The average Bonchev–Trinajstić information content (AvgIpc) is 2.80. The molecule has 0 unspecified atom stereocenters. The van der Waals surface area contributed by atoms with E-state index in [0.717, 1.165) is 19.4 Å². The summed E-state index contributed by atoms with van der Waals surface area (Å²) in [5.74, 6) is 0. The molecule has 1 aliphatic heterocycles. The number of hydrogen-bond acceptors (Lipinski definition) is 2. The summed E-state index contributed by atoms with van der Waals surface area (Å²) in [5, 5.41) is 7.19. The minimum atomic E-state index is 0.878. The molecule has 2 nitrogen and oxygen atoms in total. The molecule has 0 atom stereocenters. The predicted octanol–water partition coefficient (Wildman–Crippen LogP) is 4.85. The van der Waals surface area contributed by atoms with E-state index < -0.39 is 0 Å². The van der Waals surface area contributed by atoms with Crippen molar-refractivity contribution in [2.75, 3.05) is 5.32 Å². The lowest BCUT2D eigenvalue weighted by Crippen LogP contribution is -2.17. The minimum Gasteiger partial charge on any atom is -0.384 e. The summed E-state index contributed by atoms with van der Waals surface area (Å²) < 4.78 is 0. The van der Waals surface area contributed by atoms with Crippen LogP contribution in [0.5, 0.6) is 0 Å². The van der Waals surface area contributed by atoms with Crippen molar-refractivity contribution in [3.63, 3.8) is 0 Å². The number of allylic oxidation sites excluding steroid dienone is 5. The van der Waals surface area contributed by atoms with Gasteiger partial charge in [0.2, 0.25) is 0 Å². The predicted molar refractivity (Wildman–Crippen MR) is 101 cm³/mol. The quantitative estimate of drug-likeness (QED) is 0.846. The number of aryl methyl sites for hydroxylation is 1. The van der Waals surface area contributed by atoms with E-state index in [4.69, 9.17) is 0 Å². The molecule has 0 radical (unpaired) electrons. The molecule has 4 rings (SSSR count). The Morgan fingerprint density at radius 1 is 1.00 bits per heavy atom. The van der Waals surface area contributed by atoms with Crippen LogP contribution in [0.25, 0.3) is 0 Å². The Labute approximate surface area is 143 Å². The highest BCUT2D eigenvalue weighted by Crippen LogP contribution is 2.30. The minimum absolute atomic E-state index is 0.878. The molecule has 0 bridgehead atoms. The normalized spacial score (nSPS) is 15.8. The molecule has 0 amide bonds. The lowest BCUT2D eigenvalue weighted by Gasteiger charge is -2.20. The first-order valence-corrected chi connectivity index (χ1v) is 8.53. The Bertz CT molecular complexity index is 856. The largest absolute Gasteiger partial charge is 0.384 e. The number of anilines is 1. The summed E-state index contributed by atoms with van der Waals surface area (Å²) in [6.07, 6.45) is 8.69. The van der Waals surface area contributed by atoms with Crippen LogP contribution in [0.3, 0.4) is 0 Å². The maximum atomic E-state index is 3.60. The van der Waals surface area contributed by atoms with Crippen molar-refractivity contribution in [3.05, 3.63) is 100 Å². The molecule has 2 N–H and O–H groups in total. The van der Waals surface area contributed by atoms with Gasteiger partial charge in [0.1, 0.15) is 0 Å². The highest BCUT2D eigenvalue weighted by Gasteiger charge is 2.16. The van der Waals surface area contributed by atoms with Crippen LogP contribution in [0.2, 0.25) is 0 Å². The Hall–Kier alpha value is -2.74. The Balaban J connectivity index is 1.50. The van der Waals surface area contributed by atoms with E-state index >= 15 is 0 Å². The molecular formula is C22H22N2. The molecule has 2 aromatic rings. The van der Waals surface area contributed by atoms with E-state index in [1.807, 2.05) is 0 Å². The molecule has 1 aliphatic carbocycles. The van der Waals surface area contributed by atoms with Gasteiger partial charge in [-0.1, -0.05) is 48.5 Å². The molecule has 1 heterocycles. The summed E-state index contributed by atoms with van der Waals surface area (Å²) in [7, 11) is 0. The van der Waals surface area contributed by atoms with E-state index in [-0.39, 0.29) is 0 Å². The van der Waals surface area contributed by atoms with E-state index in [0.29, 0.717) is 0 Å². The fourth-order valence-corrected chi connectivity index (χ4v) is 3.29. The van der Waals surface area contributed by atoms with Gasteiger partial charge in [0.15, 0.2) is 0 Å². The molecular weight excluding hydrogens is 292 g/mol. The summed E-state index contributed by atoms with van der Waals surface area (Å²) >= 11 is 0. The molecule has 2 heteroatoms. The Kier molecular flexibility index (Phi) is 3.96. The average molecular weight is 314 g/mol. The van der Waals surface area contributed by atoms with Crippen molar-refractivity contribution in [1.29, 1.82) is 0 Å². The van der Waals surface area contributed by atoms with Crippen LogP contribution in [0.1, 0.15) is 23.1 Å². The molecule has 24 heavy (non-hydrogen) atoms. The molecule has 2 aromatic carbocycles. The monoisotopic (exact) mass is 314 g/mol. The summed E-state index contributed by atoms with van der Waals surface area (Å²) in [6.45, 7) is 3.04. The van der Waals surface area contributed by atoms with Crippen molar-refractivity contribution >= 4 is 5.69 Å². The lowest BCUT2D eigenvalue weighted by molar-refractivity contribution is 0.772. The zero-order chi connectivity index (χ0) is 16.4. The number of nitrogens with one attached hydrogen (secondary N) is 2. The molecule has 0 spiro atoms. The number of hydrogen-bond donors (Lipinski definition) is 2. The molecule has 0 fully saturated rings. The van der Waals surface area contributed by atoms with E-state index in [1.54, 1.807) is 0 Å². The van der Waals surface area contributed by atoms with Crippen molar-refractivity contribution in [2.24, 2.45) is 0 Å². The van der Waals surface area contributed by atoms with Crippen molar-refractivity contribution in [3.8, 4) is 0 Å². The van der Waals surface area contributed by atoms with E-state index in [2.05, 4.69) is 84.3 Å². The molecule has 2 aliphatic rings. The van der Waals surface area contributed by atoms with Crippen molar-refractivity contribution in [2.45, 2.75) is 26.3 Å². The zero-order valence-electron chi connectivity index (χ0n) is 14.0. The highest BCUT2D eigenvalue weighted by atomic mass is 14.9. The van der Waals surface area contributed by atoms with Crippen LogP contribution in [-0.2, 0) is 13.0 Å². The van der Waals surface area contributed by atoms with Gasteiger partial charge in [-0.15, -0.1) is 0 Å². The second-order valence-corrected chi connectivity index (χ2v) is 6.44. The van der Waals surface area contributed by atoms with Gasteiger partial charge in [-0.05, 0) is 53.8 Å². The van der Waals surface area contributed by atoms with Crippen molar-refractivity contribution in [1.82, 2.24) is 5.32 Å². The van der Waals surface area contributed by atoms with E-state index in [9.17, 15) is 0 Å². The van der Waals surface area contributed by atoms with E-state index in [1.165, 1.54) is 39.3 Å². The van der Waals surface area contributed by atoms with Gasteiger partial charge in [0, 0.05) is 30.0 Å². The first kappa shape index (κ1) is 14.8. The molecule has 0 saturated heterocycles. The third-order valence-electron chi connectivity index (χ3n) is 4.80. The standard InChI is InChI=1S/C22H22N2/c1-16-6-2-3-8-19(16)15-23-20-12-13-22-18(14-20)11-10-17-7-4-5-9-21(17)24-22/h2-9,11-13,23-24H,10,14-15H2,1H3. The summed E-state index contributed by atoms with van der Waals surface area (Å²) in [4.78, 5) is 0. The Morgan fingerprint density at radius 3 is 2.75 bits per heavy atom. The van der Waals surface area contributed by atoms with Crippen LogP contribution >= 0.6 is 0 Å². The molecule has 0 aromatic heterocycles. The first-order chi connectivity index (χ1) is 11.8. The van der Waals surface area contributed by atoms with Gasteiger partial charge >= 0.3 is 0 Å². The smallest absolute Gasteiger partial charge is 0.0420 e. The number of benzene rings is 2. The number of rotatable bonds is 3. The topological polar surface area (TPSA) is 24.1 Å². The van der Waals surface area contributed by atoms with Gasteiger partial charge < -0.3 is 10.6 Å².